The van der Waals surface area contributed by atoms with E-state index in [1.807, 2.05) is 78.1 Å². The number of anilines is 3. The third-order valence-corrected chi connectivity index (χ3v) is 6.61. The lowest BCUT2D eigenvalue weighted by Crippen LogP contribution is -2.29. The number of aromatic nitrogens is 3. The standard InChI is InChI=1S/C28H34N8O5/c1-32(2)12-13-34(5)23-15-25(40-6)21(14-24(23)36(38)39)30-28-29-16-19(27(37)41-7)26(31-28)20-17-35(33(3)4)22-11-9-8-10-18(20)22/h8-11,14-17H,12-13H2,1-7H3,(H,29,30,31). The second kappa shape index (κ2) is 12.1. The van der Waals surface area contributed by atoms with E-state index >= 15 is 0 Å². The number of hydrogen-bond acceptors (Lipinski definition) is 11. The molecule has 0 bridgehead atoms. The second-order valence-corrected chi connectivity index (χ2v) is 9.85. The van der Waals surface area contributed by atoms with Crippen molar-refractivity contribution >= 4 is 39.9 Å². The molecule has 4 rings (SSSR count). The first-order valence-corrected chi connectivity index (χ1v) is 12.8. The van der Waals surface area contributed by atoms with Crippen molar-refractivity contribution in [1.82, 2.24) is 19.5 Å². The van der Waals surface area contributed by atoms with Crippen LogP contribution >= 0.6 is 0 Å². The predicted molar refractivity (Wildman–Crippen MR) is 159 cm³/mol. The largest absolute Gasteiger partial charge is 0.494 e. The number of methoxy groups -OCH3 is 2. The molecule has 0 amide bonds. The van der Waals surface area contributed by atoms with Crippen LogP contribution in [0, 0.1) is 10.1 Å². The minimum atomic E-state index is -0.591. The molecule has 0 aliphatic heterocycles. The summed E-state index contributed by atoms with van der Waals surface area (Å²) in [5.41, 5.74) is 2.75. The Hall–Kier alpha value is -4.91. The van der Waals surface area contributed by atoms with Gasteiger partial charge in [-0.15, -0.1) is 0 Å². The number of carbonyl (C=O) groups is 1. The lowest BCUT2D eigenvalue weighted by molar-refractivity contribution is -0.384. The second-order valence-electron chi connectivity index (χ2n) is 9.85. The van der Waals surface area contributed by atoms with Crippen molar-refractivity contribution in [2.45, 2.75) is 0 Å². The Morgan fingerprint density at radius 1 is 1.10 bits per heavy atom. The SMILES string of the molecule is COC(=O)c1cnc(Nc2cc([N+](=O)[O-])c(N(C)CCN(C)C)cc2OC)nc1-c1cn(N(C)C)c2ccccc12. The van der Waals surface area contributed by atoms with Crippen LogP contribution in [-0.2, 0) is 4.74 Å². The van der Waals surface area contributed by atoms with Crippen molar-refractivity contribution in [3.05, 3.63) is 64.5 Å². The van der Waals surface area contributed by atoms with Crippen molar-refractivity contribution in [2.24, 2.45) is 0 Å². The molecule has 0 unspecified atom stereocenters. The Balaban J connectivity index is 1.83. The number of para-hydroxylation sites is 1. The summed E-state index contributed by atoms with van der Waals surface area (Å²) < 4.78 is 12.5. The van der Waals surface area contributed by atoms with Gasteiger partial charge in [-0.25, -0.2) is 14.8 Å². The summed E-state index contributed by atoms with van der Waals surface area (Å²) in [4.78, 5) is 37.2. The van der Waals surface area contributed by atoms with Crippen LogP contribution in [0.4, 0.5) is 23.0 Å². The maximum Gasteiger partial charge on any atom is 0.341 e. The van der Waals surface area contributed by atoms with E-state index < -0.39 is 10.9 Å². The highest BCUT2D eigenvalue weighted by atomic mass is 16.6. The van der Waals surface area contributed by atoms with Gasteiger partial charge in [0.25, 0.3) is 5.69 Å². The Labute approximate surface area is 238 Å². The minimum Gasteiger partial charge on any atom is -0.494 e. The van der Waals surface area contributed by atoms with Gasteiger partial charge in [0.1, 0.15) is 17.0 Å². The zero-order chi connectivity index (χ0) is 29.8. The molecule has 0 saturated heterocycles. The first-order chi connectivity index (χ1) is 19.5. The number of nitro benzene ring substituents is 1. The Morgan fingerprint density at radius 2 is 1.83 bits per heavy atom. The van der Waals surface area contributed by atoms with Crippen LogP contribution in [0.15, 0.2) is 48.8 Å². The molecule has 0 radical (unpaired) electrons. The van der Waals surface area contributed by atoms with Gasteiger partial charge in [0.05, 0.1) is 36.0 Å². The molecule has 0 aliphatic carbocycles. The molecule has 0 spiro atoms. The van der Waals surface area contributed by atoms with Crippen molar-refractivity contribution in [3.63, 3.8) is 0 Å². The molecular formula is C28H34N8O5. The van der Waals surface area contributed by atoms with E-state index in [0.717, 1.165) is 10.9 Å². The van der Waals surface area contributed by atoms with Crippen LogP contribution in [0.3, 0.4) is 0 Å². The number of ether oxygens (including phenoxy) is 2. The average molecular weight is 563 g/mol. The topological polar surface area (TPSA) is 131 Å². The number of benzene rings is 2. The third-order valence-electron chi connectivity index (χ3n) is 6.61. The number of nitrogens with one attached hydrogen (secondary N) is 1. The molecule has 41 heavy (non-hydrogen) atoms. The number of esters is 1. The zero-order valence-electron chi connectivity index (χ0n) is 24.2. The van der Waals surface area contributed by atoms with Gasteiger partial charge in [-0.3, -0.25) is 14.8 Å². The van der Waals surface area contributed by atoms with Gasteiger partial charge >= 0.3 is 5.97 Å². The Kier molecular flexibility index (Phi) is 8.57. The molecule has 2 aromatic heterocycles. The molecule has 2 aromatic carbocycles. The van der Waals surface area contributed by atoms with Crippen LogP contribution < -0.4 is 20.0 Å². The molecule has 0 fully saturated rings. The molecular weight excluding hydrogens is 528 g/mol. The van der Waals surface area contributed by atoms with Crippen molar-refractivity contribution in [1.29, 1.82) is 0 Å². The molecule has 216 valence electrons. The number of likely N-dealkylation sites (N-methyl/N-ethyl adjacent to an activating group) is 2. The first-order valence-electron chi connectivity index (χ1n) is 12.8. The highest BCUT2D eigenvalue weighted by Crippen LogP contribution is 2.39. The summed E-state index contributed by atoms with van der Waals surface area (Å²) in [6, 6.07) is 10.8. The fourth-order valence-corrected chi connectivity index (χ4v) is 4.46. The molecule has 0 atom stereocenters. The fourth-order valence-electron chi connectivity index (χ4n) is 4.46. The summed E-state index contributed by atoms with van der Waals surface area (Å²) in [6.07, 6.45) is 3.26. The minimum absolute atomic E-state index is 0.102. The maximum absolute atomic E-state index is 12.7. The molecule has 13 heteroatoms. The van der Waals surface area contributed by atoms with Gasteiger partial charge in [0.15, 0.2) is 0 Å². The van der Waals surface area contributed by atoms with E-state index in [4.69, 9.17) is 14.5 Å². The first kappa shape index (κ1) is 29.1. The number of hydrogen-bond donors (Lipinski definition) is 1. The quantitative estimate of drug-likeness (QED) is 0.163. The number of nitrogens with zero attached hydrogens (tertiary/aromatic N) is 7. The van der Waals surface area contributed by atoms with E-state index in [9.17, 15) is 14.9 Å². The smallest absolute Gasteiger partial charge is 0.341 e. The molecule has 0 aliphatic rings. The lowest BCUT2D eigenvalue weighted by atomic mass is 10.1. The summed E-state index contributed by atoms with van der Waals surface area (Å²) in [5.74, 6) is -0.101. The van der Waals surface area contributed by atoms with Crippen molar-refractivity contribution < 1.29 is 19.2 Å². The van der Waals surface area contributed by atoms with Gasteiger partial charge < -0.3 is 29.6 Å². The van der Waals surface area contributed by atoms with Gasteiger partial charge in [-0.1, -0.05) is 18.2 Å². The normalized spacial score (nSPS) is 11.0. The number of nitro groups is 1. The van der Waals surface area contributed by atoms with Crippen LogP contribution in [-0.4, -0.2) is 93.0 Å². The van der Waals surface area contributed by atoms with Crippen LogP contribution in [0.5, 0.6) is 5.75 Å². The summed E-state index contributed by atoms with van der Waals surface area (Å²) in [6.45, 7) is 1.29. The van der Waals surface area contributed by atoms with Crippen molar-refractivity contribution in [3.8, 4) is 17.0 Å². The average Bonchev–Trinajstić information content (AvgIpc) is 3.35. The van der Waals surface area contributed by atoms with Crippen LogP contribution in [0.1, 0.15) is 10.4 Å². The van der Waals surface area contributed by atoms with Gasteiger partial charge in [0, 0.05) is 69.7 Å². The number of rotatable bonds is 11. The fraction of sp³-hybridized carbons (Fsp3) is 0.321. The van der Waals surface area contributed by atoms with Gasteiger partial charge in [-0.05, 0) is 20.2 Å². The zero-order valence-corrected chi connectivity index (χ0v) is 24.2. The highest BCUT2D eigenvalue weighted by Gasteiger charge is 2.24. The number of fused-ring (bicyclic) bond motifs is 1. The Bertz CT molecular complexity index is 1580. The number of carbonyl (C=O) groups excluding carboxylic acids is 1. The van der Waals surface area contributed by atoms with Crippen LogP contribution in [0.2, 0.25) is 0 Å². The van der Waals surface area contributed by atoms with Gasteiger partial charge in [-0.2, -0.15) is 0 Å². The molecule has 1 N–H and O–H groups in total. The predicted octanol–water partition coefficient (Wildman–Crippen LogP) is 3.74. The third kappa shape index (κ3) is 5.99. The summed E-state index contributed by atoms with van der Waals surface area (Å²) >= 11 is 0. The van der Waals surface area contributed by atoms with Crippen molar-refractivity contribution in [2.75, 3.05) is 77.8 Å². The summed E-state index contributed by atoms with van der Waals surface area (Å²) in [7, 11) is 12.3. The van der Waals surface area contributed by atoms with E-state index in [0.29, 0.717) is 41.5 Å². The van der Waals surface area contributed by atoms with E-state index in [1.54, 1.807) is 13.1 Å². The molecule has 2 heterocycles. The lowest BCUT2D eigenvalue weighted by Gasteiger charge is -2.22. The molecule has 0 saturated carbocycles. The maximum atomic E-state index is 12.7. The highest BCUT2D eigenvalue weighted by molar-refractivity contribution is 6.03. The molecule has 13 nitrogen and oxygen atoms in total. The monoisotopic (exact) mass is 562 g/mol. The van der Waals surface area contributed by atoms with E-state index in [1.165, 1.54) is 26.5 Å². The van der Waals surface area contributed by atoms with E-state index in [-0.39, 0.29) is 17.2 Å². The van der Waals surface area contributed by atoms with Gasteiger partial charge in [0.2, 0.25) is 5.95 Å². The summed E-state index contributed by atoms with van der Waals surface area (Å²) in [5, 5.41) is 17.9. The van der Waals surface area contributed by atoms with E-state index in [2.05, 4.69) is 10.3 Å². The molecule has 4 aromatic rings. The van der Waals surface area contributed by atoms with Crippen LogP contribution in [0.25, 0.3) is 22.2 Å². The Morgan fingerprint density at radius 3 is 2.46 bits per heavy atom.